The molecule has 2 aromatic heterocycles. The molecule has 0 radical (unpaired) electrons. The smallest absolute Gasteiger partial charge is 0.786 e. The van der Waals surface area contributed by atoms with E-state index in [0.717, 1.165) is 31.8 Å². The Bertz CT molecular complexity index is 1030. The topological polar surface area (TPSA) is 35.6 Å². The van der Waals surface area contributed by atoms with Gasteiger partial charge in [0.15, 0.2) is 0 Å². The summed E-state index contributed by atoms with van der Waals surface area (Å²) in [6.07, 6.45) is 8.27. The molecule has 2 aliphatic heterocycles. The van der Waals surface area contributed by atoms with Crippen LogP contribution in [0.4, 0.5) is 0 Å². The van der Waals surface area contributed by atoms with Gasteiger partial charge in [0.25, 0.3) is 0 Å². The van der Waals surface area contributed by atoms with Crippen molar-refractivity contribution < 1.29 is 21.1 Å². The second-order valence-corrected chi connectivity index (χ2v) is 19.5. The van der Waals surface area contributed by atoms with Gasteiger partial charge in [0, 0.05) is 23.8 Å². The zero-order chi connectivity index (χ0) is 21.2. The molecule has 0 amide bonds. The van der Waals surface area contributed by atoms with Crippen molar-refractivity contribution >= 4 is 52.8 Å². The number of allylic oxidation sites excluding steroid dienone is 4. The zero-order valence-electron chi connectivity index (χ0n) is 18.0. The summed E-state index contributed by atoms with van der Waals surface area (Å²) < 4.78 is 5.96. The SMILES string of the molecule is CC(C)(c1ccn(C2=C([S-])[Si](C)(C)C=C2)n1)c1ccn(C2=C([S-])[Si](C)(C)C=C2)n1.[Pt+2]. The van der Waals surface area contributed by atoms with Gasteiger partial charge in [-0.3, -0.25) is 0 Å². The average Bonchev–Trinajstić information content (AvgIpc) is 3.39. The summed E-state index contributed by atoms with van der Waals surface area (Å²) in [5.41, 5.74) is 8.24. The standard InChI is InChI=1S/C21H28N4S2Si2.Pt/c1-21(2,17-7-11-24(22-17)15-9-13-28(3,4)19(15)26)18-8-12-25(23-18)16-10-14-29(5,6)20(16)27;/h7-14,26-27H,1-6H3;/q;+2/p-2. The second kappa shape index (κ2) is 7.82. The van der Waals surface area contributed by atoms with E-state index in [2.05, 4.69) is 75.7 Å². The molecule has 0 bridgehead atoms. The Morgan fingerprint density at radius 3 is 1.43 bits per heavy atom. The quantitative estimate of drug-likeness (QED) is 0.360. The molecule has 4 nitrogen and oxygen atoms in total. The molecule has 4 rings (SSSR count). The summed E-state index contributed by atoms with van der Waals surface area (Å²) in [5, 5.41) is 9.75. The Balaban J connectivity index is 0.00000256. The van der Waals surface area contributed by atoms with Crippen molar-refractivity contribution in [2.24, 2.45) is 0 Å². The van der Waals surface area contributed by atoms with Crippen LogP contribution in [-0.4, -0.2) is 35.7 Å². The van der Waals surface area contributed by atoms with Crippen molar-refractivity contribution in [2.45, 2.75) is 45.5 Å². The van der Waals surface area contributed by atoms with Gasteiger partial charge in [-0.2, -0.15) is 19.3 Å². The Labute approximate surface area is 206 Å². The molecular formula is C21H26N4PtS2Si2. The molecule has 0 fully saturated rings. The van der Waals surface area contributed by atoms with Crippen LogP contribution in [0.3, 0.4) is 0 Å². The van der Waals surface area contributed by atoms with E-state index >= 15 is 0 Å². The van der Waals surface area contributed by atoms with Crippen LogP contribution in [0.15, 0.2) is 57.1 Å². The number of aromatic nitrogens is 4. The van der Waals surface area contributed by atoms with Gasteiger partial charge in [0.05, 0.1) is 33.0 Å². The van der Waals surface area contributed by atoms with E-state index in [9.17, 15) is 0 Å². The summed E-state index contributed by atoms with van der Waals surface area (Å²) in [5.74, 6) is 0. The van der Waals surface area contributed by atoms with Crippen molar-refractivity contribution in [3.05, 3.63) is 68.5 Å². The molecule has 0 aliphatic carbocycles. The summed E-state index contributed by atoms with van der Waals surface area (Å²) >= 11 is 11.4. The van der Waals surface area contributed by atoms with Crippen molar-refractivity contribution in [3.63, 3.8) is 0 Å². The molecule has 0 spiro atoms. The minimum absolute atomic E-state index is 0. The minimum atomic E-state index is -1.60. The molecule has 0 N–H and O–H groups in total. The maximum Gasteiger partial charge on any atom is 2.00 e. The van der Waals surface area contributed by atoms with Crippen molar-refractivity contribution in [1.29, 1.82) is 0 Å². The Kier molecular flexibility index (Phi) is 6.15. The van der Waals surface area contributed by atoms with Crippen LogP contribution in [-0.2, 0) is 51.7 Å². The second-order valence-electron chi connectivity index (χ2n) is 9.45. The molecule has 4 heterocycles. The van der Waals surface area contributed by atoms with Gasteiger partial charge in [-0.15, -0.1) is 0 Å². The van der Waals surface area contributed by atoms with Crippen LogP contribution < -0.4 is 0 Å². The van der Waals surface area contributed by atoms with E-state index in [-0.39, 0.29) is 26.5 Å². The third kappa shape index (κ3) is 3.81. The van der Waals surface area contributed by atoms with E-state index < -0.39 is 16.1 Å². The molecule has 2 aliphatic rings. The molecule has 30 heavy (non-hydrogen) atoms. The van der Waals surface area contributed by atoms with E-state index in [1.165, 1.54) is 0 Å². The third-order valence-corrected chi connectivity index (χ3v) is 14.3. The van der Waals surface area contributed by atoms with Crippen LogP contribution in [0.25, 0.3) is 11.4 Å². The summed E-state index contributed by atoms with van der Waals surface area (Å²) in [4.78, 5) is 0. The zero-order valence-corrected chi connectivity index (χ0v) is 23.9. The van der Waals surface area contributed by atoms with Crippen LogP contribution in [0, 0.1) is 0 Å². The first-order chi connectivity index (χ1) is 13.4. The fourth-order valence-corrected chi connectivity index (χ4v) is 7.51. The number of hydrogen-bond acceptors (Lipinski definition) is 4. The van der Waals surface area contributed by atoms with Crippen molar-refractivity contribution in [3.8, 4) is 0 Å². The average molecular weight is 650 g/mol. The Morgan fingerprint density at radius 2 is 1.13 bits per heavy atom. The van der Waals surface area contributed by atoms with Crippen LogP contribution >= 0.6 is 0 Å². The summed E-state index contributed by atoms with van der Waals surface area (Å²) in [7, 11) is -3.20. The number of hydrogen-bond donors (Lipinski definition) is 0. The fraction of sp³-hybridized carbons (Fsp3) is 0.333. The molecule has 160 valence electrons. The predicted octanol–water partition coefficient (Wildman–Crippen LogP) is 4.55. The first kappa shape index (κ1) is 23.6. The molecule has 9 heteroatoms. The van der Waals surface area contributed by atoms with Crippen molar-refractivity contribution in [1.82, 2.24) is 19.6 Å². The maximum atomic E-state index is 5.72. The van der Waals surface area contributed by atoms with Gasteiger partial charge in [-0.25, -0.2) is 9.36 Å². The summed E-state index contributed by atoms with van der Waals surface area (Å²) in [6.45, 7) is 13.4. The first-order valence-electron chi connectivity index (χ1n) is 9.78. The monoisotopic (exact) mass is 649 g/mol. The largest absolute Gasteiger partial charge is 2.00 e. The van der Waals surface area contributed by atoms with Gasteiger partial charge in [-0.05, 0) is 38.1 Å². The predicted molar refractivity (Wildman–Crippen MR) is 131 cm³/mol. The third-order valence-electron chi connectivity index (χ3n) is 5.90. The van der Waals surface area contributed by atoms with E-state index in [1.54, 1.807) is 0 Å². The van der Waals surface area contributed by atoms with Crippen molar-refractivity contribution in [2.75, 3.05) is 0 Å². The van der Waals surface area contributed by atoms with E-state index in [0.29, 0.717) is 0 Å². The summed E-state index contributed by atoms with van der Waals surface area (Å²) in [6, 6.07) is 4.14. The molecule has 0 saturated heterocycles. The molecule has 0 saturated carbocycles. The van der Waals surface area contributed by atoms with Crippen LogP contribution in [0.2, 0.25) is 26.2 Å². The minimum Gasteiger partial charge on any atom is -0.786 e. The fourth-order valence-electron chi connectivity index (χ4n) is 3.61. The van der Waals surface area contributed by atoms with Crippen LogP contribution in [0.5, 0.6) is 0 Å². The first-order valence-corrected chi connectivity index (χ1v) is 16.8. The number of rotatable bonds is 4. The van der Waals surface area contributed by atoms with Gasteiger partial charge >= 0.3 is 21.1 Å². The van der Waals surface area contributed by atoms with Gasteiger partial charge in [0.1, 0.15) is 0 Å². The van der Waals surface area contributed by atoms with Gasteiger partial charge in [-0.1, -0.05) is 37.6 Å². The maximum absolute atomic E-state index is 5.72. The molecule has 0 aromatic carbocycles. The van der Waals surface area contributed by atoms with E-state index in [1.807, 2.05) is 21.8 Å². The van der Waals surface area contributed by atoms with Crippen LogP contribution in [0.1, 0.15) is 25.2 Å². The Morgan fingerprint density at radius 1 is 0.767 bits per heavy atom. The van der Waals surface area contributed by atoms with Gasteiger partial charge < -0.3 is 25.3 Å². The molecule has 0 atom stereocenters. The molecular weight excluding hydrogens is 624 g/mol. The Hall–Kier alpha value is -1.06. The normalized spacial score (nSPS) is 19.7. The molecule has 0 unspecified atom stereocenters. The van der Waals surface area contributed by atoms with Gasteiger partial charge in [0.2, 0.25) is 0 Å². The molecule has 2 aromatic rings. The number of nitrogens with zero attached hydrogens (tertiary/aromatic N) is 4. The van der Waals surface area contributed by atoms with E-state index in [4.69, 9.17) is 35.5 Å².